The van der Waals surface area contributed by atoms with Gasteiger partial charge in [0, 0.05) is 7.05 Å². The maximum Gasteiger partial charge on any atom is 0.264 e. The van der Waals surface area contributed by atoms with E-state index < -0.39 is 11.2 Å². The molecule has 0 spiro atoms. The van der Waals surface area contributed by atoms with Crippen LogP contribution in [0.25, 0.3) is 0 Å². The molecule has 0 aliphatic carbocycles. The van der Waals surface area contributed by atoms with E-state index in [0.29, 0.717) is 6.42 Å². The molecule has 5 nitrogen and oxygen atoms in total. The minimum absolute atomic E-state index is 0.113. The lowest BCUT2D eigenvalue weighted by Gasteiger charge is -2.05. The van der Waals surface area contributed by atoms with Gasteiger partial charge < -0.3 is 10.6 Å². The van der Waals surface area contributed by atoms with Crippen molar-refractivity contribution >= 4 is 23.6 Å². The Kier molecular flexibility index (Phi) is 4.60. The van der Waals surface area contributed by atoms with Gasteiger partial charge in [0.15, 0.2) is 0 Å². The summed E-state index contributed by atoms with van der Waals surface area (Å²) in [5, 5.41) is 13.7. The second kappa shape index (κ2) is 6.41. The summed E-state index contributed by atoms with van der Waals surface area (Å²) < 4.78 is 12.8. The number of amides is 2. The fraction of sp³-hybridized carbons (Fsp3) is 0.214. The van der Waals surface area contributed by atoms with Gasteiger partial charge in [-0.05, 0) is 24.1 Å². The van der Waals surface area contributed by atoms with Crippen molar-refractivity contribution in [3.63, 3.8) is 0 Å². The molecule has 0 radical (unpaired) electrons. The number of nitriles is 1. The molecule has 0 aromatic heterocycles. The van der Waals surface area contributed by atoms with Gasteiger partial charge in [0.25, 0.3) is 5.91 Å². The standard InChI is InChI=1S/C14H12FN3O2S/c1-17-12(19)10(7-16)14-18-13(20)11(21-14)6-8-2-4-9(15)5-3-8/h2-5,11H,6H2,1H3,(H,17,19)(H,18,20)/b14-10-/t11-/m1/s1. The lowest BCUT2D eigenvalue weighted by atomic mass is 10.1. The SMILES string of the molecule is CNC(=O)/C(C#N)=C1/NC(=O)[C@@H](Cc2ccc(F)cc2)S1. The molecule has 108 valence electrons. The van der Waals surface area contributed by atoms with Gasteiger partial charge in [0.1, 0.15) is 17.5 Å². The lowest BCUT2D eigenvalue weighted by molar-refractivity contribution is -0.119. The number of nitrogens with one attached hydrogen (secondary N) is 2. The van der Waals surface area contributed by atoms with E-state index in [1.54, 1.807) is 18.2 Å². The molecule has 21 heavy (non-hydrogen) atoms. The number of halogens is 1. The smallest absolute Gasteiger partial charge is 0.264 e. The van der Waals surface area contributed by atoms with Crippen LogP contribution in [-0.4, -0.2) is 24.1 Å². The maximum absolute atomic E-state index is 12.8. The van der Waals surface area contributed by atoms with Crippen LogP contribution in [0, 0.1) is 17.1 Å². The molecule has 7 heteroatoms. The summed E-state index contributed by atoms with van der Waals surface area (Å²) >= 11 is 1.14. The number of likely N-dealkylation sites (N-methyl/N-ethyl adjacent to an activating group) is 1. The fourth-order valence-electron chi connectivity index (χ4n) is 1.84. The zero-order chi connectivity index (χ0) is 15.4. The van der Waals surface area contributed by atoms with E-state index in [1.165, 1.54) is 19.2 Å². The van der Waals surface area contributed by atoms with Crippen molar-refractivity contribution in [1.82, 2.24) is 10.6 Å². The third kappa shape index (κ3) is 3.41. The minimum atomic E-state index is -0.539. The molecule has 1 saturated heterocycles. The zero-order valence-electron chi connectivity index (χ0n) is 11.1. The first-order chi connectivity index (χ1) is 10.0. The van der Waals surface area contributed by atoms with Crippen molar-refractivity contribution < 1.29 is 14.0 Å². The Morgan fingerprint density at radius 2 is 2.14 bits per heavy atom. The molecule has 1 aromatic rings. The molecule has 1 fully saturated rings. The summed E-state index contributed by atoms with van der Waals surface area (Å²) in [4.78, 5) is 23.4. The molecular weight excluding hydrogens is 293 g/mol. The molecule has 1 aromatic carbocycles. The zero-order valence-corrected chi connectivity index (χ0v) is 12.0. The van der Waals surface area contributed by atoms with Crippen molar-refractivity contribution in [2.24, 2.45) is 0 Å². The van der Waals surface area contributed by atoms with Crippen molar-refractivity contribution in [3.8, 4) is 6.07 Å². The molecule has 1 heterocycles. The highest BCUT2D eigenvalue weighted by Gasteiger charge is 2.32. The summed E-state index contributed by atoms with van der Waals surface area (Å²) in [6.07, 6.45) is 0.396. The van der Waals surface area contributed by atoms with Gasteiger partial charge in [-0.1, -0.05) is 23.9 Å². The van der Waals surface area contributed by atoms with E-state index >= 15 is 0 Å². The Hall–Kier alpha value is -2.33. The molecule has 2 amide bonds. The molecule has 1 aliphatic heterocycles. The number of hydrogen-bond acceptors (Lipinski definition) is 4. The van der Waals surface area contributed by atoms with Crippen LogP contribution >= 0.6 is 11.8 Å². The number of hydrogen-bond donors (Lipinski definition) is 2. The topological polar surface area (TPSA) is 82.0 Å². The van der Waals surface area contributed by atoms with Crippen LogP contribution in [-0.2, 0) is 16.0 Å². The monoisotopic (exact) mass is 305 g/mol. The van der Waals surface area contributed by atoms with Crippen LogP contribution in [0.2, 0.25) is 0 Å². The molecule has 2 N–H and O–H groups in total. The highest BCUT2D eigenvalue weighted by molar-refractivity contribution is 8.04. The van der Waals surface area contributed by atoms with Gasteiger partial charge in [-0.25, -0.2) is 4.39 Å². The third-order valence-corrected chi connectivity index (χ3v) is 4.12. The lowest BCUT2D eigenvalue weighted by Crippen LogP contribution is -2.26. The molecular formula is C14H12FN3O2S. The largest absolute Gasteiger partial charge is 0.354 e. The molecule has 2 rings (SSSR count). The van der Waals surface area contributed by atoms with Crippen LogP contribution in [0.3, 0.4) is 0 Å². The van der Waals surface area contributed by atoms with Crippen molar-refractivity contribution in [2.75, 3.05) is 7.05 Å². The van der Waals surface area contributed by atoms with E-state index in [-0.39, 0.29) is 22.3 Å². The van der Waals surface area contributed by atoms with E-state index in [4.69, 9.17) is 5.26 Å². The quantitative estimate of drug-likeness (QED) is 0.647. The summed E-state index contributed by atoms with van der Waals surface area (Å²) in [7, 11) is 1.41. The van der Waals surface area contributed by atoms with Crippen LogP contribution < -0.4 is 10.6 Å². The van der Waals surface area contributed by atoms with Gasteiger partial charge in [-0.3, -0.25) is 9.59 Å². The number of carbonyl (C=O) groups is 2. The van der Waals surface area contributed by atoms with Crippen LogP contribution in [0.4, 0.5) is 4.39 Å². The third-order valence-electron chi connectivity index (χ3n) is 2.92. The normalized spacial score (nSPS) is 19.7. The number of nitrogens with zero attached hydrogens (tertiary/aromatic N) is 1. The summed E-state index contributed by atoms with van der Waals surface area (Å²) in [5.41, 5.74) is 0.696. The second-order valence-corrected chi connectivity index (χ2v) is 5.53. The number of thioether (sulfide) groups is 1. The Morgan fingerprint density at radius 1 is 1.48 bits per heavy atom. The van der Waals surface area contributed by atoms with Crippen molar-refractivity contribution in [3.05, 3.63) is 46.2 Å². The fourth-order valence-corrected chi connectivity index (χ4v) is 2.98. The highest BCUT2D eigenvalue weighted by atomic mass is 32.2. The van der Waals surface area contributed by atoms with Gasteiger partial charge in [0.05, 0.1) is 10.3 Å². The number of carbonyl (C=O) groups excluding carboxylic acids is 2. The van der Waals surface area contributed by atoms with Gasteiger partial charge >= 0.3 is 0 Å². The van der Waals surface area contributed by atoms with Gasteiger partial charge in [0.2, 0.25) is 5.91 Å². The first-order valence-corrected chi connectivity index (χ1v) is 7.01. The van der Waals surface area contributed by atoms with Gasteiger partial charge in [-0.2, -0.15) is 5.26 Å². The van der Waals surface area contributed by atoms with Crippen LogP contribution in [0.15, 0.2) is 34.9 Å². The van der Waals surface area contributed by atoms with Crippen molar-refractivity contribution in [2.45, 2.75) is 11.7 Å². The minimum Gasteiger partial charge on any atom is -0.354 e. The predicted molar refractivity (Wildman–Crippen MR) is 76.3 cm³/mol. The Labute approximate surface area is 125 Å². The van der Waals surface area contributed by atoms with E-state index in [9.17, 15) is 14.0 Å². The average Bonchev–Trinajstić information content (AvgIpc) is 2.83. The molecule has 0 unspecified atom stereocenters. The Morgan fingerprint density at radius 3 is 2.71 bits per heavy atom. The first kappa shape index (κ1) is 15.1. The van der Waals surface area contributed by atoms with Crippen LogP contribution in [0.5, 0.6) is 0 Å². The molecule has 1 atom stereocenters. The maximum atomic E-state index is 12.8. The Balaban J connectivity index is 2.16. The summed E-state index contributed by atoms with van der Waals surface area (Å²) in [6.45, 7) is 0. The van der Waals surface area contributed by atoms with Crippen LogP contribution in [0.1, 0.15) is 5.56 Å². The van der Waals surface area contributed by atoms with E-state index in [1.807, 2.05) is 0 Å². The average molecular weight is 305 g/mol. The number of benzene rings is 1. The second-order valence-electron chi connectivity index (χ2n) is 4.32. The summed E-state index contributed by atoms with van der Waals surface area (Å²) in [5.74, 6) is -1.15. The Bertz CT molecular complexity index is 649. The molecule has 0 bridgehead atoms. The predicted octanol–water partition coefficient (Wildman–Crippen LogP) is 1.08. The number of rotatable bonds is 3. The molecule has 1 aliphatic rings. The van der Waals surface area contributed by atoms with E-state index in [0.717, 1.165) is 17.3 Å². The molecule has 0 saturated carbocycles. The van der Waals surface area contributed by atoms with Crippen molar-refractivity contribution in [1.29, 1.82) is 5.26 Å². The summed E-state index contributed by atoms with van der Waals surface area (Å²) in [6, 6.07) is 7.66. The van der Waals surface area contributed by atoms with E-state index in [2.05, 4.69) is 10.6 Å². The first-order valence-electron chi connectivity index (χ1n) is 6.13. The van der Waals surface area contributed by atoms with Gasteiger partial charge in [-0.15, -0.1) is 0 Å². The highest BCUT2D eigenvalue weighted by Crippen LogP contribution is 2.31.